The molecule has 110 valence electrons. The monoisotopic (exact) mass is 279 g/mol. The van der Waals surface area contributed by atoms with Crippen LogP contribution in [-0.2, 0) is 6.42 Å². The van der Waals surface area contributed by atoms with Gasteiger partial charge in [0.05, 0.1) is 0 Å². The molecule has 0 spiro atoms. The van der Waals surface area contributed by atoms with Crippen molar-refractivity contribution in [2.45, 2.75) is 51.0 Å². The third kappa shape index (κ3) is 3.36. The number of nitrogens with two attached hydrogens (primary N) is 1. The predicted octanol–water partition coefficient (Wildman–Crippen LogP) is 4.90. The summed E-state index contributed by atoms with van der Waals surface area (Å²) in [4.78, 5) is 0. The molecule has 0 amide bonds. The fraction of sp³-hybridized carbons (Fsp3) is 0.400. The topological polar surface area (TPSA) is 26.0 Å². The number of aryl methyl sites for hydroxylation is 2. The first kappa shape index (κ1) is 14.3. The lowest BCUT2D eigenvalue weighted by Crippen LogP contribution is -2.14. The average molecular weight is 279 g/mol. The van der Waals surface area contributed by atoms with Gasteiger partial charge in [-0.2, -0.15) is 0 Å². The van der Waals surface area contributed by atoms with Crippen LogP contribution in [0.3, 0.4) is 0 Å². The predicted molar refractivity (Wildman–Crippen MR) is 89.5 cm³/mol. The van der Waals surface area contributed by atoms with Crippen LogP contribution in [0, 0.1) is 6.92 Å². The van der Waals surface area contributed by atoms with E-state index in [0.29, 0.717) is 0 Å². The Kier molecular flexibility index (Phi) is 4.40. The lowest BCUT2D eigenvalue weighted by molar-refractivity contribution is 0.419. The van der Waals surface area contributed by atoms with Gasteiger partial charge in [0.15, 0.2) is 0 Å². The van der Waals surface area contributed by atoms with Gasteiger partial charge in [-0.25, -0.2) is 0 Å². The molecular weight excluding hydrogens is 254 g/mol. The van der Waals surface area contributed by atoms with Crippen LogP contribution in [0.25, 0.3) is 0 Å². The van der Waals surface area contributed by atoms with E-state index in [1.54, 1.807) is 0 Å². The van der Waals surface area contributed by atoms with E-state index in [1.807, 2.05) is 0 Å². The second kappa shape index (κ2) is 6.44. The Morgan fingerprint density at radius 3 is 2.62 bits per heavy atom. The van der Waals surface area contributed by atoms with Crippen LogP contribution in [0.1, 0.15) is 59.9 Å². The van der Waals surface area contributed by atoms with Crippen molar-refractivity contribution in [3.05, 3.63) is 70.8 Å². The highest BCUT2D eigenvalue weighted by molar-refractivity contribution is 5.30. The zero-order valence-corrected chi connectivity index (χ0v) is 12.9. The molecule has 1 aliphatic carbocycles. The van der Waals surface area contributed by atoms with Gasteiger partial charge in [-0.05, 0) is 60.8 Å². The molecule has 1 heteroatoms. The fourth-order valence-corrected chi connectivity index (χ4v) is 3.15. The molecule has 2 aromatic carbocycles. The molecule has 0 heterocycles. The van der Waals surface area contributed by atoms with Crippen molar-refractivity contribution < 1.29 is 0 Å². The van der Waals surface area contributed by atoms with Crippen LogP contribution in [0.15, 0.2) is 48.5 Å². The van der Waals surface area contributed by atoms with Gasteiger partial charge >= 0.3 is 0 Å². The van der Waals surface area contributed by atoms with E-state index in [-0.39, 0.29) is 6.04 Å². The van der Waals surface area contributed by atoms with Crippen molar-refractivity contribution in [1.82, 2.24) is 0 Å². The first-order chi connectivity index (χ1) is 10.2. The summed E-state index contributed by atoms with van der Waals surface area (Å²) in [6, 6.07) is 17.7. The molecule has 1 nitrogen and oxygen atoms in total. The zero-order valence-electron chi connectivity index (χ0n) is 12.9. The van der Waals surface area contributed by atoms with Crippen molar-refractivity contribution >= 4 is 0 Å². The second-order valence-electron chi connectivity index (χ2n) is 6.37. The van der Waals surface area contributed by atoms with E-state index in [9.17, 15) is 0 Å². The molecule has 0 aliphatic heterocycles. The summed E-state index contributed by atoms with van der Waals surface area (Å²) in [5.41, 5.74) is 12.0. The Labute approximate surface area is 128 Å². The van der Waals surface area contributed by atoms with E-state index in [2.05, 4.69) is 55.5 Å². The molecule has 0 saturated heterocycles. The summed E-state index contributed by atoms with van der Waals surface area (Å²) in [6.07, 6.45) is 6.15. The van der Waals surface area contributed by atoms with Gasteiger partial charge < -0.3 is 5.73 Å². The maximum absolute atomic E-state index is 6.42. The van der Waals surface area contributed by atoms with E-state index < -0.39 is 0 Å². The van der Waals surface area contributed by atoms with Crippen molar-refractivity contribution in [3.8, 4) is 0 Å². The Balaban J connectivity index is 1.65. The van der Waals surface area contributed by atoms with Gasteiger partial charge in [-0.15, -0.1) is 0 Å². The van der Waals surface area contributed by atoms with Gasteiger partial charge in [0.25, 0.3) is 0 Å². The van der Waals surface area contributed by atoms with Crippen molar-refractivity contribution in [2.75, 3.05) is 0 Å². The van der Waals surface area contributed by atoms with Crippen LogP contribution in [0.2, 0.25) is 0 Å². The lowest BCUT2D eigenvalue weighted by atomic mass is 9.79. The molecule has 1 fully saturated rings. The summed E-state index contributed by atoms with van der Waals surface area (Å²) in [6.45, 7) is 2.18. The molecule has 1 unspecified atom stereocenters. The minimum atomic E-state index is 0.143. The summed E-state index contributed by atoms with van der Waals surface area (Å²) >= 11 is 0. The van der Waals surface area contributed by atoms with Gasteiger partial charge in [0.1, 0.15) is 0 Å². The van der Waals surface area contributed by atoms with E-state index in [0.717, 1.165) is 18.8 Å². The zero-order chi connectivity index (χ0) is 14.7. The van der Waals surface area contributed by atoms with Gasteiger partial charge in [-0.1, -0.05) is 55.0 Å². The van der Waals surface area contributed by atoms with Crippen LogP contribution < -0.4 is 5.73 Å². The smallest absolute Gasteiger partial charge is 0.0298 e. The molecular formula is C20H25N. The standard InChI is InChI=1S/C20H25N/c1-15-6-2-3-7-16(15)12-13-20(21)19-11-5-10-18(14-19)17-8-4-9-17/h2-3,5-7,10-11,14,17,20H,4,8-9,12-13,21H2,1H3. The van der Waals surface area contributed by atoms with Crippen molar-refractivity contribution in [3.63, 3.8) is 0 Å². The van der Waals surface area contributed by atoms with Crippen molar-refractivity contribution in [2.24, 2.45) is 5.73 Å². The van der Waals surface area contributed by atoms with E-state index in [1.165, 1.54) is 41.5 Å². The number of rotatable bonds is 5. The van der Waals surface area contributed by atoms with Crippen LogP contribution in [0.5, 0.6) is 0 Å². The normalized spacial score (nSPS) is 16.5. The van der Waals surface area contributed by atoms with Crippen LogP contribution in [0.4, 0.5) is 0 Å². The Hall–Kier alpha value is -1.60. The molecule has 2 N–H and O–H groups in total. The molecule has 1 atom stereocenters. The Morgan fingerprint density at radius 1 is 1.10 bits per heavy atom. The third-order valence-electron chi connectivity index (χ3n) is 4.90. The minimum Gasteiger partial charge on any atom is -0.324 e. The molecule has 3 rings (SSSR count). The van der Waals surface area contributed by atoms with Crippen LogP contribution >= 0.6 is 0 Å². The summed E-state index contributed by atoms with van der Waals surface area (Å²) in [7, 11) is 0. The van der Waals surface area contributed by atoms with Crippen molar-refractivity contribution in [1.29, 1.82) is 0 Å². The highest BCUT2D eigenvalue weighted by Crippen LogP contribution is 2.37. The molecule has 21 heavy (non-hydrogen) atoms. The van der Waals surface area contributed by atoms with E-state index >= 15 is 0 Å². The number of hydrogen-bond acceptors (Lipinski definition) is 1. The Bertz CT molecular complexity index is 598. The highest BCUT2D eigenvalue weighted by Gasteiger charge is 2.20. The molecule has 0 aromatic heterocycles. The van der Waals surface area contributed by atoms with E-state index in [4.69, 9.17) is 5.73 Å². The van der Waals surface area contributed by atoms with Gasteiger partial charge in [0, 0.05) is 6.04 Å². The maximum atomic E-state index is 6.42. The summed E-state index contributed by atoms with van der Waals surface area (Å²) in [5.74, 6) is 0.786. The molecule has 0 radical (unpaired) electrons. The van der Waals surface area contributed by atoms with Gasteiger partial charge in [-0.3, -0.25) is 0 Å². The largest absolute Gasteiger partial charge is 0.324 e. The molecule has 1 aliphatic rings. The molecule has 0 bridgehead atoms. The first-order valence-corrected chi connectivity index (χ1v) is 8.14. The Morgan fingerprint density at radius 2 is 1.90 bits per heavy atom. The third-order valence-corrected chi connectivity index (χ3v) is 4.90. The SMILES string of the molecule is Cc1ccccc1CCC(N)c1cccc(C2CCC2)c1. The molecule has 2 aromatic rings. The first-order valence-electron chi connectivity index (χ1n) is 8.14. The highest BCUT2D eigenvalue weighted by atomic mass is 14.6. The summed E-state index contributed by atoms with van der Waals surface area (Å²) in [5, 5.41) is 0. The number of benzene rings is 2. The number of hydrogen-bond donors (Lipinski definition) is 1. The second-order valence-corrected chi connectivity index (χ2v) is 6.37. The maximum Gasteiger partial charge on any atom is 0.0298 e. The average Bonchev–Trinajstić information content (AvgIpc) is 2.45. The summed E-state index contributed by atoms with van der Waals surface area (Å²) < 4.78 is 0. The lowest BCUT2D eigenvalue weighted by Gasteiger charge is -2.26. The quantitative estimate of drug-likeness (QED) is 0.828. The minimum absolute atomic E-state index is 0.143. The van der Waals surface area contributed by atoms with Gasteiger partial charge in [0.2, 0.25) is 0 Å². The molecule has 1 saturated carbocycles. The van der Waals surface area contributed by atoms with Crippen LogP contribution in [-0.4, -0.2) is 0 Å². The fourth-order valence-electron chi connectivity index (χ4n) is 3.15.